The fourth-order valence-electron chi connectivity index (χ4n) is 7.24. The van der Waals surface area contributed by atoms with Gasteiger partial charge in [0.15, 0.2) is 0 Å². The molecule has 9 heteroatoms. The molecule has 2 aromatic carbocycles. The molecule has 42 heavy (non-hydrogen) atoms. The molecule has 226 valence electrons. The highest BCUT2D eigenvalue weighted by atomic mass is 35.5. The number of ether oxygens (including phenoxy) is 1. The van der Waals surface area contributed by atoms with Gasteiger partial charge in [-0.25, -0.2) is 0 Å². The third-order valence-electron chi connectivity index (χ3n) is 9.28. The molecule has 2 amide bonds. The molecule has 4 unspecified atom stereocenters. The van der Waals surface area contributed by atoms with Crippen LogP contribution in [0.25, 0.3) is 0 Å². The predicted molar refractivity (Wildman–Crippen MR) is 165 cm³/mol. The number of nitrogens with one attached hydrogen (secondary N) is 2. The molecule has 7 nitrogen and oxygen atoms in total. The van der Waals surface area contributed by atoms with Gasteiger partial charge in [0.25, 0.3) is 0 Å². The Morgan fingerprint density at radius 2 is 1.57 bits per heavy atom. The van der Waals surface area contributed by atoms with Gasteiger partial charge in [-0.05, 0) is 86.3 Å². The number of amides is 2. The molecular weight excluding hydrogens is 573 g/mol. The predicted octanol–water partition coefficient (Wildman–Crippen LogP) is 5.72. The maximum absolute atomic E-state index is 12.7. The van der Waals surface area contributed by atoms with Gasteiger partial charge < -0.3 is 20.3 Å². The van der Waals surface area contributed by atoms with Gasteiger partial charge in [-0.3, -0.25) is 14.4 Å². The van der Waals surface area contributed by atoms with Crippen LogP contribution in [0, 0.1) is 11.8 Å². The van der Waals surface area contributed by atoms with E-state index in [1.54, 1.807) is 6.92 Å². The highest BCUT2D eigenvalue weighted by Gasteiger charge is 2.43. The molecule has 1 aliphatic carbocycles. The number of carbonyl (C=O) groups is 3. The van der Waals surface area contributed by atoms with Crippen LogP contribution in [0.2, 0.25) is 10.0 Å². The third-order valence-corrected chi connectivity index (χ3v) is 9.79. The number of fused-ring (bicyclic) bond motifs is 1. The second-order valence-electron chi connectivity index (χ2n) is 11.9. The number of nitrogens with zero attached hydrogens (tertiary/aromatic N) is 1. The lowest BCUT2D eigenvalue weighted by atomic mass is 9.65. The second-order valence-corrected chi connectivity index (χ2v) is 12.8. The van der Waals surface area contributed by atoms with Crippen molar-refractivity contribution >= 4 is 41.0 Å². The average molecular weight is 615 g/mol. The Bertz CT molecular complexity index is 1190. The summed E-state index contributed by atoms with van der Waals surface area (Å²) < 4.78 is 4.95. The van der Waals surface area contributed by atoms with Crippen molar-refractivity contribution in [2.45, 2.75) is 82.3 Å². The molecule has 3 aliphatic rings. The minimum Gasteiger partial charge on any atom is -0.466 e. The van der Waals surface area contributed by atoms with Crippen molar-refractivity contribution in [3.05, 3.63) is 69.7 Å². The zero-order valence-corrected chi connectivity index (χ0v) is 25.7. The van der Waals surface area contributed by atoms with Crippen LogP contribution in [0.3, 0.4) is 0 Å². The number of carbonyl (C=O) groups excluding carboxylic acids is 3. The number of rotatable bonds is 9. The molecule has 1 saturated carbocycles. The van der Waals surface area contributed by atoms with Gasteiger partial charge in [0.1, 0.15) is 0 Å². The lowest BCUT2D eigenvalue weighted by Crippen LogP contribution is -2.60. The molecule has 2 saturated heterocycles. The second kappa shape index (κ2) is 14.2. The van der Waals surface area contributed by atoms with Gasteiger partial charge in [0, 0.05) is 60.0 Å². The van der Waals surface area contributed by atoms with Crippen molar-refractivity contribution in [3.8, 4) is 0 Å². The van der Waals surface area contributed by atoms with Gasteiger partial charge in [-0.15, -0.1) is 0 Å². The van der Waals surface area contributed by atoms with E-state index in [9.17, 15) is 14.4 Å². The number of halogens is 2. The van der Waals surface area contributed by atoms with Crippen molar-refractivity contribution in [1.82, 2.24) is 15.5 Å². The van der Waals surface area contributed by atoms with Crippen molar-refractivity contribution in [3.63, 3.8) is 0 Å². The Hall–Kier alpha value is -2.61. The Morgan fingerprint density at radius 1 is 0.952 bits per heavy atom. The lowest BCUT2D eigenvalue weighted by Gasteiger charge is -2.47. The quantitative estimate of drug-likeness (QED) is 0.353. The minimum absolute atomic E-state index is 0.00387. The molecule has 2 N–H and O–H groups in total. The van der Waals surface area contributed by atoms with E-state index in [4.69, 9.17) is 27.9 Å². The summed E-state index contributed by atoms with van der Waals surface area (Å²) in [6.07, 6.45) is 5.43. The first kappa shape index (κ1) is 30.8. The van der Waals surface area contributed by atoms with Crippen LogP contribution in [-0.2, 0) is 19.1 Å². The van der Waals surface area contributed by atoms with E-state index in [2.05, 4.69) is 34.9 Å². The fraction of sp³-hybridized carbons (Fsp3) is 0.545. The van der Waals surface area contributed by atoms with Gasteiger partial charge in [-0.2, -0.15) is 0 Å². The summed E-state index contributed by atoms with van der Waals surface area (Å²) in [4.78, 5) is 38.9. The first-order valence-corrected chi connectivity index (χ1v) is 16.1. The van der Waals surface area contributed by atoms with E-state index >= 15 is 0 Å². The van der Waals surface area contributed by atoms with Crippen LogP contribution in [0.1, 0.15) is 75.3 Å². The van der Waals surface area contributed by atoms with Crippen molar-refractivity contribution in [1.29, 1.82) is 0 Å². The molecule has 0 aromatic heterocycles. The van der Waals surface area contributed by atoms with Crippen LogP contribution < -0.4 is 10.6 Å². The topological polar surface area (TPSA) is 87.7 Å². The van der Waals surface area contributed by atoms with E-state index in [1.165, 1.54) is 11.1 Å². The smallest absolute Gasteiger partial charge is 0.306 e. The largest absolute Gasteiger partial charge is 0.466 e. The summed E-state index contributed by atoms with van der Waals surface area (Å²) in [5, 5.41) is 8.60. The minimum atomic E-state index is -0.326. The van der Waals surface area contributed by atoms with Gasteiger partial charge in [-0.1, -0.05) is 47.5 Å². The highest BCUT2D eigenvalue weighted by molar-refractivity contribution is 6.30. The van der Waals surface area contributed by atoms with Crippen LogP contribution in [0.5, 0.6) is 0 Å². The van der Waals surface area contributed by atoms with Gasteiger partial charge in [0.05, 0.1) is 13.0 Å². The maximum atomic E-state index is 12.7. The van der Waals surface area contributed by atoms with E-state index < -0.39 is 0 Å². The Kier molecular flexibility index (Phi) is 10.5. The van der Waals surface area contributed by atoms with Crippen molar-refractivity contribution in [2.75, 3.05) is 19.7 Å². The lowest BCUT2D eigenvalue weighted by molar-refractivity contribution is -0.146. The number of benzene rings is 2. The summed E-state index contributed by atoms with van der Waals surface area (Å²) >= 11 is 12.5. The van der Waals surface area contributed by atoms with E-state index in [0.717, 1.165) is 42.1 Å². The SMILES string of the molecule is CCOC(=O)CCC(=O)N1CCC(NC2CC(=O)NC3CCC(C(c4ccc(Cl)cc4)c4ccc(Cl)cc4)CC32)CC1. The Labute approximate surface area is 258 Å². The van der Waals surface area contributed by atoms with Crippen LogP contribution in [0.15, 0.2) is 48.5 Å². The van der Waals surface area contributed by atoms with E-state index in [1.807, 2.05) is 29.2 Å². The zero-order valence-electron chi connectivity index (χ0n) is 24.2. The van der Waals surface area contributed by atoms with E-state index in [0.29, 0.717) is 38.0 Å². The molecule has 2 aromatic rings. The first-order chi connectivity index (χ1) is 20.3. The summed E-state index contributed by atoms with van der Waals surface area (Å²) in [6, 6.07) is 16.9. The number of likely N-dealkylation sites (tertiary alicyclic amines) is 1. The molecule has 0 radical (unpaired) electrons. The molecule has 5 rings (SSSR count). The third kappa shape index (κ3) is 7.66. The van der Waals surface area contributed by atoms with Crippen LogP contribution >= 0.6 is 23.2 Å². The number of piperidine rings is 2. The Morgan fingerprint density at radius 3 is 2.17 bits per heavy atom. The fourth-order valence-corrected chi connectivity index (χ4v) is 7.49. The molecule has 0 spiro atoms. The van der Waals surface area contributed by atoms with Crippen molar-refractivity contribution in [2.24, 2.45) is 11.8 Å². The normalized spacial score (nSPS) is 24.7. The zero-order chi connectivity index (χ0) is 29.6. The van der Waals surface area contributed by atoms with E-state index in [-0.39, 0.29) is 54.7 Å². The summed E-state index contributed by atoms with van der Waals surface area (Å²) in [7, 11) is 0. The molecule has 2 aliphatic heterocycles. The molecule has 2 heterocycles. The van der Waals surface area contributed by atoms with Crippen molar-refractivity contribution < 1.29 is 19.1 Å². The monoisotopic (exact) mass is 613 g/mol. The average Bonchev–Trinajstić information content (AvgIpc) is 2.98. The number of esters is 1. The standard InChI is InChI=1S/C33H41Cl2N3O4/c1-2-42-32(41)14-13-31(40)38-17-15-26(16-18-38)36-29-20-30(39)37-28-12-7-23(19-27(28)29)33(21-3-8-24(34)9-4-21)22-5-10-25(35)11-6-22/h3-6,8-11,23,26-29,33,36H,2,7,12-20H2,1H3,(H,37,39). The number of hydrogen-bond donors (Lipinski definition) is 2. The summed E-state index contributed by atoms with van der Waals surface area (Å²) in [5.41, 5.74) is 2.49. The Balaban J connectivity index is 1.24. The number of hydrogen-bond acceptors (Lipinski definition) is 5. The van der Waals surface area contributed by atoms with Gasteiger partial charge >= 0.3 is 5.97 Å². The molecule has 4 atom stereocenters. The van der Waals surface area contributed by atoms with Gasteiger partial charge in [0.2, 0.25) is 11.8 Å². The summed E-state index contributed by atoms with van der Waals surface area (Å²) in [5.74, 6) is 0.741. The molecular formula is C33H41Cl2N3O4. The highest BCUT2D eigenvalue weighted by Crippen LogP contribution is 2.45. The van der Waals surface area contributed by atoms with Crippen LogP contribution in [-0.4, -0.2) is 60.5 Å². The first-order valence-electron chi connectivity index (χ1n) is 15.3. The maximum Gasteiger partial charge on any atom is 0.306 e. The summed E-state index contributed by atoms with van der Waals surface area (Å²) in [6.45, 7) is 3.41. The molecule has 0 bridgehead atoms. The molecule has 3 fully saturated rings. The van der Waals surface area contributed by atoms with Crippen LogP contribution in [0.4, 0.5) is 0 Å².